The van der Waals surface area contributed by atoms with Gasteiger partial charge in [0.25, 0.3) is 0 Å². The highest BCUT2D eigenvalue weighted by Gasteiger charge is 2.06. The van der Waals surface area contributed by atoms with Gasteiger partial charge in [-0.15, -0.1) is 0 Å². The first-order chi connectivity index (χ1) is 9.10. The maximum atomic E-state index is 11.1. The van der Waals surface area contributed by atoms with E-state index in [1.807, 2.05) is 49.1 Å². The molecule has 0 bridgehead atoms. The van der Waals surface area contributed by atoms with Gasteiger partial charge < -0.3 is 10.6 Å². The van der Waals surface area contributed by atoms with Crippen LogP contribution in [-0.2, 0) is 11.3 Å². The fourth-order valence-corrected chi connectivity index (χ4v) is 1.92. The molecule has 1 heterocycles. The number of amides is 1. The van der Waals surface area contributed by atoms with Crippen molar-refractivity contribution >= 4 is 11.6 Å². The molecule has 19 heavy (non-hydrogen) atoms. The minimum atomic E-state index is -0.0790. The molecule has 0 aliphatic heterocycles. The van der Waals surface area contributed by atoms with Crippen molar-refractivity contribution in [3.05, 3.63) is 41.7 Å². The highest BCUT2D eigenvalue weighted by atomic mass is 16.1. The van der Waals surface area contributed by atoms with Crippen molar-refractivity contribution in [2.45, 2.75) is 20.4 Å². The monoisotopic (exact) mass is 258 g/mol. The Bertz CT molecular complexity index is 589. The third-order valence-corrected chi connectivity index (χ3v) is 2.80. The molecule has 2 aromatic rings. The summed E-state index contributed by atoms with van der Waals surface area (Å²) in [5, 5.41) is 10.4. The van der Waals surface area contributed by atoms with Gasteiger partial charge >= 0.3 is 0 Å². The van der Waals surface area contributed by atoms with E-state index in [1.54, 1.807) is 0 Å². The van der Waals surface area contributed by atoms with E-state index in [0.717, 1.165) is 29.2 Å². The number of aromatic nitrogens is 2. The molecule has 2 rings (SSSR count). The summed E-state index contributed by atoms with van der Waals surface area (Å²) in [5.41, 5.74) is 3.86. The number of carbonyl (C=O) groups is 1. The van der Waals surface area contributed by atoms with Crippen molar-refractivity contribution in [3.8, 4) is 5.69 Å². The summed E-state index contributed by atoms with van der Waals surface area (Å²) in [7, 11) is 1.91. The number of aryl methyl sites for hydroxylation is 1. The van der Waals surface area contributed by atoms with Gasteiger partial charge in [0.2, 0.25) is 5.91 Å². The SMILES string of the molecule is CNCc1cn(-c2cccc(NC(C)=O)c2)nc1C. The Morgan fingerprint density at radius 1 is 1.42 bits per heavy atom. The van der Waals surface area contributed by atoms with Gasteiger partial charge in [-0.25, -0.2) is 4.68 Å². The number of nitrogens with one attached hydrogen (secondary N) is 2. The Morgan fingerprint density at radius 3 is 2.89 bits per heavy atom. The highest BCUT2D eigenvalue weighted by Crippen LogP contribution is 2.16. The van der Waals surface area contributed by atoms with Gasteiger partial charge in [0.1, 0.15) is 0 Å². The van der Waals surface area contributed by atoms with Crippen molar-refractivity contribution in [2.24, 2.45) is 0 Å². The first kappa shape index (κ1) is 13.3. The van der Waals surface area contributed by atoms with E-state index in [0.29, 0.717) is 0 Å². The van der Waals surface area contributed by atoms with E-state index in [1.165, 1.54) is 6.92 Å². The van der Waals surface area contributed by atoms with Gasteiger partial charge in [-0.3, -0.25) is 4.79 Å². The topological polar surface area (TPSA) is 59.0 Å². The second-order valence-corrected chi connectivity index (χ2v) is 4.45. The lowest BCUT2D eigenvalue weighted by Crippen LogP contribution is -2.06. The molecule has 1 aromatic carbocycles. The van der Waals surface area contributed by atoms with Crippen LogP contribution in [0.25, 0.3) is 5.69 Å². The van der Waals surface area contributed by atoms with Gasteiger partial charge in [0.15, 0.2) is 0 Å². The molecular weight excluding hydrogens is 240 g/mol. The molecule has 0 unspecified atom stereocenters. The fourth-order valence-electron chi connectivity index (χ4n) is 1.92. The summed E-state index contributed by atoms with van der Waals surface area (Å²) in [6, 6.07) is 7.61. The van der Waals surface area contributed by atoms with Gasteiger partial charge in [-0.2, -0.15) is 5.10 Å². The van der Waals surface area contributed by atoms with E-state index >= 15 is 0 Å². The molecular formula is C14H18N4O. The predicted molar refractivity (Wildman–Crippen MR) is 75.4 cm³/mol. The number of nitrogens with zero attached hydrogens (tertiary/aromatic N) is 2. The summed E-state index contributed by atoms with van der Waals surface area (Å²) < 4.78 is 1.83. The lowest BCUT2D eigenvalue weighted by Gasteiger charge is -2.05. The van der Waals surface area contributed by atoms with Crippen LogP contribution in [0.15, 0.2) is 30.5 Å². The molecule has 1 amide bonds. The number of hydrogen-bond donors (Lipinski definition) is 2. The quantitative estimate of drug-likeness (QED) is 0.880. The van der Waals surface area contributed by atoms with Crippen LogP contribution in [0.2, 0.25) is 0 Å². The third-order valence-electron chi connectivity index (χ3n) is 2.80. The lowest BCUT2D eigenvalue weighted by molar-refractivity contribution is -0.114. The minimum absolute atomic E-state index is 0.0790. The molecule has 0 aliphatic rings. The van der Waals surface area contributed by atoms with Gasteiger partial charge in [0, 0.05) is 30.9 Å². The van der Waals surface area contributed by atoms with Crippen LogP contribution in [0.5, 0.6) is 0 Å². The molecule has 0 saturated heterocycles. The van der Waals surface area contributed by atoms with Crippen molar-refractivity contribution in [2.75, 3.05) is 12.4 Å². The summed E-state index contributed by atoms with van der Waals surface area (Å²) in [6.07, 6.45) is 2.00. The average Bonchev–Trinajstić information content (AvgIpc) is 2.71. The van der Waals surface area contributed by atoms with Crippen LogP contribution in [0.1, 0.15) is 18.2 Å². The maximum absolute atomic E-state index is 11.1. The molecule has 0 saturated carbocycles. The second-order valence-electron chi connectivity index (χ2n) is 4.45. The maximum Gasteiger partial charge on any atom is 0.221 e. The molecule has 5 heteroatoms. The minimum Gasteiger partial charge on any atom is -0.326 e. The van der Waals surface area contributed by atoms with Crippen LogP contribution in [0.4, 0.5) is 5.69 Å². The largest absolute Gasteiger partial charge is 0.326 e. The number of rotatable bonds is 4. The standard InChI is InChI=1S/C14H18N4O/c1-10-12(8-15-3)9-18(17-10)14-6-4-5-13(7-14)16-11(2)19/h4-7,9,15H,8H2,1-3H3,(H,16,19). The summed E-state index contributed by atoms with van der Waals surface area (Å²) in [6.45, 7) is 4.27. The first-order valence-electron chi connectivity index (χ1n) is 6.18. The Balaban J connectivity index is 2.30. The highest BCUT2D eigenvalue weighted by molar-refractivity contribution is 5.88. The van der Waals surface area contributed by atoms with Crippen LogP contribution in [0.3, 0.4) is 0 Å². The van der Waals surface area contributed by atoms with Crippen molar-refractivity contribution < 1.29 is 4.79 Å². The lowest BCUT2D eigenvalue weighted by atomic mass is 10.2. The van der Waals surface area contributed by atoms with Crippen molar-refractivity contribution in [1.82, 2.24) is 15.1 Å². The Kier molecular flexibility index (Phi) is 3.97. The van der Waals surface area contributed by atoms with E-state index < -0.39 is 0 Å². The van der Waals surface area contributed by atoms with Gasteiger partial charge in [-0.1, -0.05) is 6.07 Å². The van der Waals surface area contributed by atoms with Crippen LogP contribution in [-0.4, -0.2) is 22.7 Å². The van der Waals surface area contributed by atoms with Gasteiger partial charge in [-0.05, 0) is 32.2 Å². The second kappa shape index (κ2) is 5.67. The van der Waals surface area contributed by atoms with Crippen molar-refractivity contribution in [3.63, 3.8) is 0 Å². The zero-order valence-corrected chi connectivity index (χ0v) is 11.4. The number of anilines is 1. The van der Waals surface area contributed by atoms with Crippen LogP contribution in [0, 0.1) is 6.92 Å². The van der Waals surface area contributed by atoms with E-state index in [4.69, 9.17) is 0 Å². The van der Waals surface area contributed by atoms with E-state index in [-0.39, 0.29) is 5.91 Å². The Morgan fingerprint density at radius 2 is 2.21 bits per heavy atom. The summed E-state index contributed by atoms with van der Waals surface area (Å²) in [4.78, 5) is 11.1. The smallest absolute Gasteiger partial charge is 0.221 e. The number of carbonyl (C=O) groups excluding carboxylic acids is 1. The Hall–Kier alpha value is -2.14. The predicted octanol–water partition coefficient (Wildman–Crippen LogP) is 1.86. The molecule has 0 spiro atoms. The van der Waals surface area contributed by atoms with E-state index in [2.05, 4.69) is 15.7 Å². The normalized spacial score (nSPS) is 10.5. The van der Waals surface area contributed by atoms with E-state index in [9.17, 15) is 4.79 Å². The average molecular weight is 258 g/mol. The number of benzene rings is 1. The molecule has 2 N–H and O–H groups in total. The van der Waals surface area contributed by atoms with Crippen LogP contribution < -0.4 is 10.6 Å². The number of hydrogen-bond acceptors (Lipinski definition) is 3. The molecule has 100 valence electrons. The molecule has 0 fully saturated rings. The molecule has 5 nitrogen and oxygen atoms in total. The molecule has 0 aliphatic carbocycles. The van der Waals surface area contributed by atoms with Gasteiger partial charge in [0.05, 0.1) is 11.4 Å². The zero-order chi connectivity index (χ0) is 13.8. The summed E-state index contributed by atoms with van der Waals surface area (Å²) in [5.74, 6) is -0.0790. The zero-order valence-electron chi connectivity index (χ0n) is 11.4. The molecule has 1 aromatic heterocycles. The summed E-state index contributed by atoms with van der Waals surface area (Å²) >= 11 is 0. The molecule has 0 radical (unpaired) electrons. The third kappa shape index (κ3) is 3.20. The Labute approximate surface area is 112 Å². The fraction of sp³-hybridized carbons (Fsp3) is 0.286. The van der Waals surface area contributed by atoms with Crippen LogP contribution >= 0.6 is 0 Å². The first-order valence-corrected chi connectivity index (χ1v) is 6.18. The molecule has 0 atom stereocenters. The van der Waals surface area contributed by atoms with Crippen molar-refractivity contribution in [1.29, 1.82) is 0 Å².